The van der Waals surface area contributed by atoms with E-state index in [2.05, 4.69) is 89.7 Å². The maximum Gasteiger partial charge on any atom is 0.225 e. The minimum Gasteiger partial charge on any atom is -0.373 e. The summed E-state index contributed by atoms with van der Waals surface area (Å²) in [7, 11) is 0. The first-order chi connectivity index (χ1) is 22.1. The summed E-state index contributed by atoms with van der Waals surface area (Å²) in [6.45, 7) is 11.5. The maximum absolute atomic E-state index is 9.24. The monoisotopic (exact) mass is 605 g/mol. The predicted molar refractivity (Wildman–Crippen MR) is 174 cm³/mol. The van der Waals surface area contributed by atoms with Crippen LogP contribution in [0.3, 0.4) is 0 Å². The highest BCUT2D eigenvalue weighted by atomic mass is 16.5. The molecule has 1 aliphatic rings. The van der Waals surface area contributed by atoms with Crippen molar-refractivity contribution >= 4 is 17.6 Å². The smallest absolute Gasteiger partial charge is 0.225 e. The van der Waals surface area contributed by atoms with Gasteiger partial charge in [-0.3, -0.25) is 4.90 Å². The molecule has 1 aliphatic heterocycles. The Balaban J connectivity index is 1.18. The third-order valence-electron chi connectivity index (χ3n) is 7.70. The zero-order valence-corrected chi connectivity index (χ0v) is 25.8. The number of nitriles is 1. The molecule has 0 aliphatic carbocycles. The molecule has 5 rings (SSSR count). The molecule has 1 fully saturated rings. The molecule has 12 heteroatoms. The van der Waals surface area contributed by atoms with Gasteiger partial charge in [0.1, 0.15) is 0 Å². The number of nitrogens with zero attached hydrogens (tertiary/aromatic N) is 8. The van der Waals surface area contributed by atoms with Crippen LogP contribution < -0.4 is 15.5 Å². The van der Waals surface area contributed by atoms with E-state index in [1.54, 1.807) is 24.4 Å². The lowest BCUT2D eigenvalue weighted by atomic mass is 10.1. The lowest BCUT2D eigenvalue weighted by Crippen LogP contribution is -2.46. The molecule has 3 heterocycles. The number of ether oxygens (including phenoxy) is 1. The number of hydrogen-bond acceptors (Lipinski definition) is 12. The molecular formula is C33H39N11O. The van der Waals surface area contributed by atoms with Crippen molar-refractivity contribution in [3.63, 3.8) is 0 Å². The van der Waals surface area contributed by atoms with E-state index in [9.17, 15) is 5.26 Å². The molecule has 4 aromatic rings. The van der Waals surface area contributed by atoms with Gasteiger partial charge in [0, 0.05) is 62.8 Å². The summed E-state index contributed by atoms with van der Waals surface area (Å²) in [6, 6.07) is 17.9. The third kappa shape index (κ3) is 8.42. The fourth-order valence-electron chi connectivity index (χ4n) is 5.16. The SMILES string of the molecule is CCNCCN(CC)Cc1ccc(-c2cnc(N3CCOC(CNc4nc(-c5cccc(C#N)c5)cnc4N=N)C3)nc2)cc1. The van der Waals surface area contributed by atoms with Gasteiger partial charge in [0.05, 0.1) is 36.2 Å². The van der Waals surface area contributed by atoms with Crippen molar-refractivity contribution in [3.05, 3.63) is 78.2 Å². The molecule has 12 nitrogen and oxygen atoms in total. The van der Waals surface area contributed by atoms with Gasteiger partial charge in [-0.1, -0.05) is 50.2 Å². The number of aromatic nitrogens is 4. The van der Waals surface area contributed by atoms with E-state index in [0.717, 1.165) is 49.4 Å². The van der Waals surface area contributed by atoms with E-state index in [0.29, 0.717) is 49.3 Å². The van der Waals surface area contributed by atoms with Crippen LogP contribution in [-0.4, -0.2) is 83.4 Å². The molecule has 0 spiro atoms. The van der Waals surface area contributed by atoms with Crippen LogP contribution in [-0.2, 0) is 11.3 Å². The molecule has 1 atom stereocenters. The Morgan fingerprint density at radius 2 is 1.89 bits per heavy atom. The van der Waals surface area contributed by atoms with Gasteiger partial charge in [0.2, 0.25) is 11.8 Å². The highest BCUT2D eigenvalue weighted by Crippen LogP contribution is 2.26. The van der Waals surface area contributed by atoms with Gasteiger partial charge in [-0.05, 0) is 36.3 Å². The Bertz CT molecular complexity index is 1590. The van der Waals surface area contributed by atoms with Crippen molar-refractivity contribution in [2.45, 2.75) is 26.5 Å². The van der Waals surface area contributed by atoms with Crippen LogP contribution in [0.1, 0.15) is 25.0 Å². The first kappa shape index (κ1) is 31.6. The average Bonchev–Trinajstić information content (AvgIpc) is 3.10. The lowest BCUT2D eigenvalue weighted by molar-refractivity contribution is 0.0486. The van der Waals surface area contributed by atoms with E-state index in [4.69, 9.17) is 10.3 Å². The van der Waals surface area contributed by atoms with Crippen molar-refractivity contribution in [1.29, 1.82) is 10.8 Å². The molecular weight excluding hydrogens is 566 g/mol. The fraction of sp³-hybridized carbons (Fsp3) is 0.364. The number of anilines is 2. The zero-order valence-electron chi connectivity index (χ0n) is 25.8. The molecule has 0 saturated carbocycles. The van der Waals surface area contributed by atoms with Crippen molar-refractivity contribution in [2.24, 2.45) is 5.11 Å². The van der Waals surface area contributed by atoms with Crippen LogP contribution in [0.25, 0.3) is 22.4 Å². The van der Waals surface area contributed by atoms with Crippen LogP contribution >= 0.6 is 0 Å². The minimum atomic E-state index is -0.166. The van der Waals surface area contributed by atoms with E-state index >= 15 is 0 Å². The van der Waals surface area contributed by atoms with E-state index in [-0.39, 0.29) is 11.9 Å². The average molecular weight is 606 g/mol. The van der Waals surface area contributed by atoms with Gasteiger partial charge < -0.3 is 20.3 Å². The van der Waals surface area contributed by atoms with Gasteiger partial charge >= 0.3 is 0 Å². The normalized spacial score (nSPS) is 14.7. The van der Waals surface area contributed by atoms with Gasteiger partial charge in [0.25, 0.3) is 0 Å². The molecule has 2 aromatic carbocycles. The van der Waals surface area contributed by atoms with Crippen LogP contribution in [0.4, 0.5) is 17.6 Å². The number of morpholine rings is 1. The highest BCUT2D eigenvalue weighted by molar-refractivity contribution is 5.66. The largest absolute Gasteiger partial charge is 0.373 e. The number of benzene rings is 2. The molecule has 0 bridgehead atoms. The topological polar surface area (TPSA) is 151 Å². The molecule has 1 saturated heterocycles. The molecule has 3 N–H and O–H groups in total. The summed E-state index contributed by atoms with van der Waals surface area (Å²) >= 11 is 0. The minimum absolute atomic E-state index is 0.166. The number of hydrogen-bond donors (Lipinski definition) is 3. The first-order valence-corrected chi connectivity index (χ1v) is 15.3. The lowest BCUT2D eigenvalue weighted by Gasteiger charge is -2.33. The van der Waals surface area contributed by atoms with E-state index < -0.39 is 0 Å². The van der Waals surface area contributed by atoms with Gasteiger partial charge in [-0.25, -0.2) is 25.5 Å². The molecule has 232 valence electrons. The Kier molecular flexibility index (Phi) is 11.1. The van der Waals surface area contributed by atoms with Gasteiger partial charge in [-0.15, -0.1) is 5.11 Å². The van der Waals surface area contributed by atoms with Crippen molar-refractivity contribution in [1.82, 2.24) is 30.2 Å². The van der Waals surface area contributed by atoms with Gasteiger partial charge in [0.15, 0.2) is 5.82 Å². The standard InChI is InChI=1S/C33H39N11O/c1-3-36-12-13-43(4-2)22-24-8-10-26(11-9-24)28-18-39-33(40-19-28)44-14-15-45-29(23-44)20-37-31-32(42-35)38-21-30(41-31)27-7-5-6-25(16-27)17-34/h5-11,16,18-19,21,29,35-36H,3-4,12-15,20,22-23H2,1-2H3,(H,37,41). The van der Waals surface area contributed by atoms with Gasteiger partial charge in [-0.2, -0.15) is 5.26 Å². The Morgan fingerprint density at radius 3 is 2.62 bits per heavy atom. The molecule has 0 radical (unpaired) electrons. The van der Waals surface area contributed by atoms with Crippen molar-refractivity contribution in [2.75, 3.05) is 62.6 Å². The van der Waals surface area contributed by atoms with E-state index in [1.165, 1.54) is 5.56 Å². The third-order valence-corrected chi connectivity index (χ3v) is 7.70. The highest BCUT2D eigenvalue weighted by Gasteiger charge is 2.23. The number of rotatable bonds is 14. The second kappa shape index (κ2) is 15.8. The summed E-state index contributed by atoms with van der Waals surface area (Å²) in [5.74, 6) is 1.22. The van der Waals surface area contributed by atoms with Crippen molar-refractivity contribution in [3.8, 4) is 28.5 Å². The zero-order chi connectivity index (χ0) is 31.4. The van der Waals surface area contributed by atoms with Crippen LogP contribution in [0.5, 0.6) is 0 Å². The summed E-state index contributed by atoms with van der Waals surface area (Å²) < 4.78 is 6.01. The summed E-state index contributed by atoms with van der Waals surface area (Å²) in [5.41, 5.74) is 12.7. The van der Waals surface area contributed by atoms with E-state index in [1.807, 2.05) is 18.5 Å². The molecule has 0 amide bonds. The predicted octanol–water partition coefficient (Wildman–Crippen LogP) is 4.88. The Hall–Kier alpha value is -4.83. The van der Waals surface area contributed by atoms with Crippen LogP contribution in [0.15, 0.2) is 72.2 Å². The molecule has 2 aromatic heterocycles. The van der Waals surface area contributed by atoms with Crippen LogP contribution in [0.2, 0.25) is 0 Å². The number of likely N-dealkylation sites (N-methyl/N-ethyl adjacent to an activating group) is 2. The quantitative estimate of drug-likeness (QED) is 0.134. The summed E-state index contributed by atoms with van der Waals surface area (Å²) in [5, 5.41) is 19.4. The van der Waals surface area contributed by atoms with Crippen molar-refractivity contribution < 1.29 is 4.74 Å². The Labute approximate surface area is 264 Å². The second-order valence-electron chi connectivity index (χ2n) is 10.7. The molecule has 45 heavy (non-hydrogen) atoms. The maximum atomic E-state index is 9.24. The molecule has 1 unspecified atom stereocenters. The second-order valence-corrected chi connectivity index (χ2v) is 10.7. The fourth-order valence-corrected chi connectivity index (χ4v) is 5.16. The first-order valence-electron chi connectivity index (χ1n) is 15.3. The van der Waals surface area contributed by atoms with Crippen LogP contribution in [0, 0.1) is 16.9 Å². The number of nitrogens with one attached hydrogen (secondary N) is 3. The Morgan fingerprint density at radius 1 is 1.07 bits per heavy atom. The summed E-state index contributed by atoms with van der Waals surface area (Å²) in [4.78, 5) is 22.8. The summed E-state index contributed by atoms with van der Waals surface area (Å²) in [6.07, 6.45) is 5.13.